The van der Waals surface area contributed by atoms with Gasteiger partial charge in [0, 0.05) is 12.6 Å². The van der Waals surface area contributed by atoms with Crippen molar-refractivity contribution in [2.45, 2.75) is 45.6 Å². The van der Waals surface area contributed by atoms with Crippen LogP contribution >= 0.6 is 0 Å². The highest BCUT2D eigenvalue weighted by Crippen LogP contribution is 2.27. The molecular weight excluding hydrogens is 260 g/mol. The first-order valence-corrected chi connectivity index (χ1v) is 8.21. The van der Waals surface area contributed by atoms with E-state index in [1.807, 2.05) is 0 Å². The second-order valence-corrected chi connectivity index (χ2v) is 6.50. The Labute approximate surface area is 129 Å². The van der Waals surface area contributed by atoms with Gasteiger partial charge in [0.1, 0.15) is 12.4 Å². The SMILES string of the molecule is Cc1cc(C)cc(OCCN(C)C2CCCCC2CN)c1. The molecule has 2 N–H and O–H groups in total. The highest BCUT2D eigenvalue weighted by Gasteiger charge is 2.26. The second-order valence-electron chi connectivity index (χ2n) is 6.50. The van der Waals surface area contributed by atoms with Crippen LogP contribution in [0.3, 0.4) is 0 Å². The Kier molecular flexibility index (Phi) is 6.07. The smallest absolute Gasteiger partial charge is 0.119 e. The second kappa shape index (κ2) is 7.81. The largest absolute Gasteiger partial charge is 0.492 e. The van der Waals surface area contributed by atoms with Crippen molar-refractivity contribution in [2.75, 3.05) is 26.7 Å². The molecule has 2 atom stereocenters. The Balaban J connectivity index is 1.81. The van der Waals surface area contributed by atoms with Crippen molar-refractivity contribution in [3.63, 3.8) is 0 Å². The molecule has 0 spiro atoms. The summed E-state index contributed by atoms with van der Waals surface area (Å²) in [5, 5.41) is 0. The van der Waals surface area contributed by atoms with Gasteiger partial charge in [0.25, 0.3) is 0 Å². The van der Waals surface area contributed by atoms with E-state index in [1.54, 1.807) is 0 Å². The first-order valence-electron chi connectivity index (χ1n) is 8.21. The van der Waals surface area contributed by atoms with Crippen molar-refractivity contribution in [3.8, 4) is 5.75 Å². The van der Waals surface area contributed by atoms with E-state index < -0.39 is 0 Å². The number of likely N-dealkylation sites (N-methyl/N-ethyl adjacent to an activating group) is 1. The van der Waals surface area contributed by atoms with Gasteiger partial charge in [-0.1, -0.05) is 18.9 Å². The Morgan fingerprint density at radius 2 is 1.81 bits per heavy atom. The van der Waals surface area contributed by atoms with Crippen molar-refractivity contribution in [3.05, 3.63) is 29.3 Å². The molecule has 1 aromatic rings. The highest BCUT2D eigenvalue weighted by atomic mass is 16.5. The Morgan fingerprint density at radius 1 is 1.14 bits per heavy atom. The van der Waals surface area contributed by atoms with Crippen LogP contribution in [0.4, 0.5) is 0 Å². The monoisotopic (exact) mass is 290 g/mol. The Bertz CT molecular complexity index is 427. The van der Waals surface area contributed by atoms with E-state index in [1.165, 1.54) is 36.8 Å². The molecule has 118 valence electrons. The van der Waals surface area contributed by atoms with Crippen molar-refractivity contribution < 1.29 is 4.74 Å². The molecule has 2 rings (SSSR count). The molecule has 0 amide bonds. The molecule has 0 bridgehead atoms. The molecule has 1 aliphatic carbocycles. The molecule has 1 fully saturated rings. The first kappa shape index (κ1) is 16.3. The van der Waals surface area contributed by atoms with Gasteiger partial charge in [0.05, 0.1) is 0 Å². The van der Waals surface area contributed by atoms with Gasteiger partial charge in [-0.15, -0.1) is 0 Å². The highest BCUT2D eigenvalue weighted by molar-refractivity contribution is 5.32. The summed E-state index contributed by atoms with van der Waals surface area (Å²) in [6, 6.07) is 7.02. The molecule has 2 unspecified atom stereocenters. The fourth-order valence-electron chi connectivity index (χ4n) is 3.53. The minimum atomic E-state index is 0.631. The lowest BCUT2D eigenvalue weighted by Crippen LogP contribution is -2.44. The average molecular weight is 290 g/mol. The van der Waals surface area contributed by atoms with Crippen LogP contribution < -0.4 is 10.5 Å². The zero-order valence-electron chi connectivity index (χ0n) is 13.8. The number of benzene rings is 1. The Hall–Kier alpha value is -1.06. The van der Waals surface area contributed by atoms with Crippen molar-refractivity contribution in [1.29, 1.82) is 0 Å². The first-order chi connectivity index (χ1) is 10.1. The summed E-state index contributed by atoms with van der Waals surface area (Å²) in [5.74, 6) is 1.64. The van der Waals surface area contributed by atoms with E-state index in [-0.39, 0.29) is 0 Å². The van der Waals surface area contributed by atoms with Crippen LogP contribution in [-0.4, -0.2) is 37.7 Å². The minimum Gasteiger partial charge on any atom is -0.492 e. The molecule has 0 radical (unpaired) electrons. The van der Waals surface area contributed by atoms with E-state index in [2.05, 4.69) is 44.0 Å². The summed E-state index contributed by atoms with van der Waals surface area (Å²) in [7, 11) is 2.21. The lowest BCUT2D eigenvalue weighted by Gasteiger charge is -2.37. The van der Waals surface area contributed by atoms with E-state index in [0.29, 0.717) is 12.0 Å². The van der Waals surface area contributed by atoms with Gasteiger partial charge in [-0.2, -0.15) is 0 Å². The van der Waals surface area contributed by atoms with E-state index in [4.69, 9.17) is 10.5 Å². The van der Waals surface area contributed by atoms with Crippen molar-refractivity contribution in [1.82, 2.24) is 4.90 Å². The van der Waals surface area contributed by atoms with E-state index >= 15 is 0 Å². The lowest BCUT2D eigenvalue weighted by molar-refractivity contribution is 0.115. The maximum atomic E-state index is 5.93. The van der Waals surface area contributed by atoms with Crippen LogP contribution in [0.25, 0.3) is 0 Å². The van der Waals surface area contributed by atoms with Gasteiger partial charge in [-0.05, 0) is 69.5 Å². The van der Waals surface area contributed by atoms with Crippen molar-refractivity contribution >= 4 is 0 Å². The predicted octanol–water partition coefficient (Wildman–Crippen LogP) is 3.13. The van der Waals surface area contributed by atoms with Crippen LogP contribution in [0.2, 0.25) is 0 Å². The zero-order chi connectivity index (χ0) is 15.2. The normalized spacial score (nSPS) is 22.5. The molecule has 1 aliphatic rings. The molecule has 0 heterocycles. The number of ether oxygens (including phenoxy) is 1. The molecule has 21 heavy (non-hydrogen) atoms. The summed E-state index contributed by atoms with van der Waals surface area (Å²) in [5.41, 5.74) is 8.44. The maximum Gasteiger partial charge on any atom is 0.119 e. The Morgan fingerprint density at radius 3 is 2.48 bits per heavy atom. The average Bonchev–Trinajstić information content (AvgIpc) is 2.46. The number of rotatable bonds is 6. The van der Waals surface area contributed by atoms with Crippen LogP contribution in [-0.2, 0) is 0 Å². The lowest BCUT2D eigenvalue weighted by atomic mass is 9.84. The number of nitrogens with two attached hydrogens (primary N) is 1. The van der Waals surface area contributed by atoms with Crippen LogP contribution in [0.15, 0.2) is 18.2 Å². The summed E-state index contributed by atoms with van der Waals surface area (Å²) in [6.45, 7) is 6.74. The van der Waals surface area contributed by atoms with Crippen LogP contribution in [0.5, 0.6) is 5.75 Å². The van der Waals surface area contributed by atoms with Crippen molar-refractivity contribution in [2.24, 2.45) is 11.7 Å². The number of hydrogen-bond donors (Lipinski definition) is 1. The van der Waals surface area contributed by atoms with Crippen LogP contribution in [0.1, 0.15) is 36.8 Å². The summed E-state index contributed by atoms with van der Waals surface area (Å²) >= 11 is 0. The van der Waals surface area contributed by atoms with E-state index in [0.717, 1.165) is 25.4 Å². The van der Waals surface area contributed by atoms with Gasteiger partial charge in [-0.3, -0.25) is 4.90 Å². The minimum absolute atomic E-state index is 0.631. The summed E-state index contributed by atoms with van der Waals surface area (Å²) < 4.78 is 5.93. The molecule has 1 aromatic carbocycles. The molecular formula is C18H30N2O. The fraction of sp³-hybridized carbons (Fsp3) is 0.667. The molecule has 3 nitrogen and oxygen atoms in total. The molecule has 0 saturated heterocycles. The van der Waals surface area contributed by atoms with Crippen LogP contribution in [0, 0.1) is 19.8 Å². The number of hydrogen-bond acceptors (Lipinski definition) is 3. The summed E-state index contributed by atoms with van der Waals surface area (Å²) in [4.78, 5) is 2.44. The standard InChI is InChI=1S/C18H30N2O/c1-14-10-15(2)12-17(11-14)21-9-8-20(3)18-7-5-4-6-16(18)13-19/h10-12,16,18H,4-9,13,19H2,1-3H3. The summed E-state index contributed by atoms with van der Waals surface area (Å²) in [6.07, 6.45) is 5.24. The van der Waals surface area contributed by atoms with Gasteiger partial charge < -0.3 is 10.5 Å². The molecule has 1 saturated carbocycles. The molecule has 0 aromatic heterocycles. The topological polar surface area (TPSA) is 38.5 Å². The third-order valence-electron chi connectivity index (χ3n) is 4.65. The number of aryl methyl sites for hydroxylation is 2. The van der Waals surface area contributed by atoms with E-state index in [9.17, 15) is 0 Å². The fourth-order valence-corrected chi connectivity index (χ4v) is 3.53. The maximum absolute atomic E-state index is 5.93. The number of nitrogens with zero attached hydrogens (tertiary/aromatic N) is 1. The zero-order valence-corrected chi connectivity index (χ0v) is 13.8. The van der Waals surface area contributed by atoms with Gasteiger partial charge in [-0.25, -0.2) is 0 Å². The molecule has 3 heteroatoms. The predicted molar refractivity (Wildman–Crippen MR) is 88.8 cm³/mol. The van der Waals surface area contributed by atoms with Gasteiger partial charge >= 0.3 is 0 Å². The molecule has 0 aliphatic heterocycles. The quantitative estimate of drug-likeness (QED) is 0.875. The third-order valence-corrected chi connectivity index (χ3v) is 4.65. The third kappa shape index (κ3) is 4.72. The van der Waals surface area contributed by atoms with Gasteiger partial charge in [0.2, 0.25) is 0 Å². The van der Waals surface area contributed by atoms with Gasteiger partial charge in [0.15, 0.2) is 0 Å².